The fraction of sp³-hybridized carbons (Fsp3) is 0.333. The summed E-state index contributed by atoms with van der Waals surface area (Å²) >= 11 is 0. The van der Waals surface area contributed by atoms with Gasteiger partial charge in [-0.25, -0.2) is 4.98 Å². The summed E-state index contributed by atoms with van der Waals surface area (Å²) in [5.74, 6) is -2.48. The van der Waals surface area contributed by atoms with Gasteiger partial charge in [0.15, 0.2) is 12.2 Å². The van der Waals surface area contributed by atoms with Crippen LogP contribution in [0.4, 0.5) is 0 Å². The Hall–Kier alpha value is -5.30. The first-order chi connectivity index (χ1) is 21.9. The summed E-state index contributed by atoms with van der Waals surface area (Å²) in [5.41, 5.74) is 1.39. The lowest BCUT2D eigenvalue weighted by Crippen LogP contribution is -2.63. The summed E-state index contributed by atoms with van der Waals surface area (Å²) < 4.78 is 39.5. The Bertz CT molecular complexity index is 1880. The Kier molecular flexibility index (Phi) is 9.33. The van der Waals surface area contributed by atoms with E-state index in [1.165, 1.54) is 25.1 Å². The predicted octanol–water partition coefficient (Wildman–Crippen LogP) is 3.78. The summed E-state index contributed by atoms with van der Waals surface area (Å²) in [5, 5.41) is 1.18. The van der Waals surface area contributed by atoms with Crippen LogP contribution in [-0.2, 0) is 42.9 Å². The van der Waals surface area contributed by atoms with Crippen molar-refractivity contribution in [2.45, 2.75) is 65.3 Å². The van der Waals surface area contributed by atoms with E-state index in [0.29, 0.717) is 17.0 Å². The number of nitrogens with zero attached hydrogens (tertiary/aromatic N) is 1. The number of para-hydroxylation sites is 1. The highest BCUT2D eigenvalue weighted by Gasteiger charge is 2.53. The highest BCUT2D eigenvalue weighted by Crippen LogP contribution is 2.32. The van der Waals surface area contributed by atoms with Crippen molar-refractivity contribution in [3.63, 3.8) is 0 Å². The Morgan fingerprint density at radius 3 is 2.17 bits per heavy atom. The molecule has 240 valence electrons. The minimum Gasteiger partial charge on any atom is -0.463 e. The van der Waals surface area contributed by atoms with Crippen LogP contribution in [0.3, 0.4) is 0 Å². The van der Waals surface area contributed by atoms with Gasteiger partial charge >= 0.3 is 23.9 Å². The molecule has 0 amide bonds. The van der Waals surface area contributed by atoms with Gasteiger partial charge in [0.25, 0.3) is 0 Å². The molecule has 13 heteroatoms. The molecule has 2 aromatic carbocycles. The molecule has 1 saturated heterocycles. The third-order valence-corrected chi connectivity index (χ3v) is 7.09. The average Bonchev–Trinajstić information content (AvgIpc) is 2.98. The van der Waals surface area contributed by atoms with Gasteiger partial charge in [0.1, 0.15) is 29.8 Å². The zero-order valence-corrected chi connectivity index (χ0v) is 25.6. The molecule has 0 spiro atoms. The molecule has 0 radical (unpaired) electrons. The van der Waals surface area contributed by atoms with E-state index in [0.717, 1.165) is 31.7 Å². The number of fused-ring (bicyclic) bond motifs is 2. The number of hydrogen-bond donors (Lipinski definition) is 0. The van der Waals surface area contributed by atoms with E-state index in [9.17, 15) is 24.0 Å². The highest BCUT2D eigenvalue weighted by atomic mass is 16.7. The van der Waals surface area contributed by atoms with Crippen LogP contribution in [0.1, 0.15) is 33.5 Å². The Morgan fingerprint density at radius 2 is 1.48 bits per heavy atom. The van der Waals surface area contributed by atoms with Gasteiger partial charge in [0.2, 0.25) is 17.8 Å². The molecule has 46 heavy (non-hydrogen) atoms. The largest absolute Gasteiger partial charge is 0.463 e. The second kappa shape index (κ2) is 13.4. The third kappa shape index (κ3) is 6.99. The lowest BCUT2D eigenvalue weighted by atomic mass is 9.98. The monoisotopic (exact) mass is 633 g/mol. The molecule has 1 aliphatic rings. The van der Waals surface area contributed by atoms with Crippen molar-refractivity contribution in [1.82, 2.24) is 4.98 Å². The topological polar surface area (TPSA) is 167 Å². The zero-order valence-electron chi connectivity index (χ0n) is 25.6. The van der Waals surface area contributed by atoms with Crippen LogP contribution in [0.25, 0.3) is 33.1 Å². The lowest BCUT2D eigenvalue weighted by Gasteiger charge is -2.43. The standard InChI is InChI=1S/C33H31NO12/c1-16-28(25-13-10-21-8-6-7-9-24(21)34-25)29(39)23-12-11-22(14-26(23)41-16)45-33-32(44-20(5)38)31(43-19(4)37)30(42-18(3)36)27(46-33)15-40-17(2)35/h6-14,27,30-33H,15H2,1-5H3/t27-,30-,31+,32+,33-/m0/s1. The smallest absolute Gasteiger partial charge is 0.303 e. The molecule has 4 aromatic rings. The third-order valence-electron chi connectivity index (χ3n) is 7.09. The molecule has 5 rings (SSSR count). The Labute approximate surface area is 262 Å². The first-order valence-corrected chi connectivity index (χ1v) is 14.3. The van der Waals surface area contributed by atoms with Gasteiger partial charge in [-0.1, -0.05) is 24.3 Å². The van der Waals surface area contributed by atoms with E-state index >= 15 is 0 Å². The van der Waals surface area contributed by atoms with E-state index in [1.807, 2.05) is 30.3 Å². The Morgan fingerprint density at radius 1 is 0.804 bits per heavy atom. The number of pyridine rings is 1. The highest BCUT2D eigenvalue weighted by molar-refractivity contribution is 5.86. The number of aromatic nitrogens is 1. The zero-order chi connectivity index (χ0) is 33.1. The van der Waals surface area contributed by atoms with Crippen molar-refractivity contribution in [2.75, 3.05) is 6.61 Å². The van der Waals surface area contributed by atoms with Crippen molar-refractivity contribution in [2.24, 2.45) is 0 Å². The van der Waals surface area contributed by atoms with E-state index in [1.54, 1.807) is 13.0 Å². The molecule has 0 N–H and O–H groups in total. The van der Waals surface area contributed by atoms with Crippen molar-refractivity contribution < 1.29 is 52.0 Å². The van der Waals surface area contributed by atoms with Crippen LogP contribution in [-0.4, -0.2) is 66.2 Å². The van der Waals surface area contributed by atoms with Crippen LogP contribution in [0.15, 0.2) is 63.8 Å². The van der Waals surface area contributed by atoms with Crippen LogP contribution in [0, 0.1) is 6.92 Å². The quantitative estimate of drug-likeness (QED) is 0.203. The van der Waals surface area contributed by atoms with E-state index in [4.69, 9.17) is 32.8 Å². The fourth-order valence-corrected chi connectivity index (χ4v) is 5.28. The first kappa shape index (κ1) is 32.1. The molecule has 3 heterocycles. The number of aryl methyl sites for hydroxylation is 1. The van der Waals surface area contributed by atoms with Gasteiger partial charge in [-0.05, 0) is 31.2 Å². The van der Waals surface area contributed by atoms with Crippen LogP contribution in [0.5, 0.6) is 5.75 Å². The van der Waals surface area contributed by atoms with E-state index in [-0.39, 0.29) is 22.1 Å². The molecule has 0 aliphatic carbocycles. The summed E-state index contributed by atoms with van der Waals surface area (Å²) in [7, 11) is 0. The maximum Gasteiger partial charge on any atom is 0.303 e. The van der Waals surface area contributed by atoms with Gasteiger partial charge in [-0.2, -0.15) is 0 Å². The fourth-order valence-electron chi connectivity index (χ4n) is 5.28. The lowest BCUT2D eigenvalue weighted by molar-refractivity contribution is -0.288. The molecule has 13 nitrogen and oxygen atoms in total. The molecule has 2 aromatic heterocycles. The summed E-state index contributed by atoms with van der Waals surface area (Å²) in [6.07, 6.45) is -6.80. The minimum atomic E-state index is -1.45. The second-order valence-corrected chi connectivity index (χ2v) is 10.6. The number of rotatable bonds is 8. The number of carbonyl (C=O) groups excluding carboxylic acids is 4. The number of esters is 4. The summed E-state index contributed by atoms with van der Waals surface area (Å²) in [6.45, 7) is 5.80. The number of benzene rings is 2. The van der Waals surface area contributed by atoms with Crippen LogP contribution < -0.4 is 10.2 Å². The molecule has 1 fully saturated rings. The number of ether oxygens (including phenoxy) is 6. The number of hydrogen-bond acceptors (Lipinski definition) is 13. The van der Waals surface area contributed by atoms with Gasteiger partial charge in [-0.15, -0.1) is 0 Å². The van der Waals surface area contributed by atoms with Crippen LogP contribution in [0.2, 0.25) is 0 Å². The molecule has 5 atom stereocenters. The molecule has 1 aliphatic heterocycles. The summed E-state index contributed by atoms with van der Waals surface area (Å²) in [4.78, 5) is 66.1. The summed E-state index contributed by atoms with van der Waals surface area (Å²) in [6, 6.07) is 15.6. The van der Waals surface area contributed by atoms with Crippen molar-refractivity contribution in [3.05, 3.63) is 70.6 Å². The molecule has 0 saturated carbocycles. The van der Waals surface area contributed by atoms with E-state index < -0.39 is 61.2 Å². The Balaban J connectivity index is 1.51. The molecule has 0 unspecified atom stereocenters. The minimum absolute atomic E-state index is 0.132. The van der Waals surface area contributed by atoms with Gasteiger partial charge < -0.3 is 32.8 Å². The maximum absolute atomic E-state index is 13.6. The maximum atomic E-state index is 13.6. The van der Waals surface area contributed by atoms with Gasteiger partial charge in [-0.3, -0.25) is 24.0 Å². The predicted molar refractivity (Wildman–Crippen MR) is 161 cm³/mol. The molecular formula is C33H31NO12. The molecule has 0 bridgehead atoms. The van der Waals surface area contributed by atoms with Gasteiger partial charge in [0, 0.05) is 39.1 Å². The van der Waals surface area contributed by atoms with Crippen molar-refractivity contribution in [1.29, 1.82) is 0 Å². The SMILES string of the molecule is CC(=O)OC[C@@H]1O[C@H](Oc2ccc3c(=O)c(-c4ccc5ccccc5n4)c(C)oc3c2)[C@H](OC(C)=O)[C@H](OC(C)=O)[C@H]1OC(C)=O. The van der Waals surface area contributed by atoms with Crippen LogP contribution >= 0.6 is 0 Å². The first-order valence-electron chi connectivity index (χ1n) is 14.3. The van der Waals surface area contributed by atoms with E-state index in [2.05, 4.69) is 4.98 Å². The van der Waals surface area contributed by atoms with Gasteiger partial charge in [0.05, 0.1) is 22.2 Å². The van der Waals surface area contributed by atoms with Crippen molar-refractivity contribution in [3.8, 4) is 17.0 Å². The molecular weight excluding hydrogens is 602 g/mol. The van der Waals surface area contributed by atoms with Crippen molar-refractivity contribution >= 4 is 45.7 Å². The second-order valence-electron chi connectivity index (χ2n) is 10.6. The number of carbonyl (C=O) groups is 4. The normalized spacial score (nSPS) is 20.9. The average molecular weight is 634 g/mol.